The Morgan fingerprint density at radius 2 is 1.85 bits per heavy atom. The molecule has 0 aromatic heterocycles. The molecule has 0 unspecified atom stereocenters. The number of carbonyl (C=O) groups is 1. The summed E-state index contributed by atoms with van der Waals surface area (Å²) in [6.45, 7) is 4.96. The quantitative estimate of drug-likeness (QED) is 0.853. The Balaban J connectivity index is 1.41. The van der Waals surface area contributed by atoms with Gasteiger partial charge in [-0.25, -0.2) is 4.39 Å². The molecule has 0 saturated carbocycles. The van der Waals surface area contributed by atoms with Crippen LogP contribution in [0.4, 0.5) is 10.1 Å². The summed E-state index contributed by atoms with van der Waals surface area (Å²) < 4.78 is 13.0. The fourth-order valence-electron chi connectivity index (χ4n) is 3.23. The molecule has 3 rings (SSSR count). The van der Waals surface area contributed by atoms with Gasteiger partial charge >= 0.3 is 0 Å². The van der Waals surface area contributed by atoms with Crippen molar-refractivity contribution in [3.63, 3.8) is 0 Å². The van der Waals surface area contributed by atoms with Crippen LogP contribution in [0.1, 0.15) is 15.9 Å². The Morgan fingerprint density at radius 3 is 2.56 bits per heavy atom. The molecule has 1 N–H and O–H groups in total. The minimum Gasteiger partial charge on any atom is -0.369 e. The van der Waals surface area contributed by atoms with Gasteiger partial charge in [-0.3, -0.25) is 9.69 Å². The van der Waals surface area contributed by atoms with E-state index in [0.29, 0.717) is 18.5 Å². The number of nitrogens with zero attached hydrogens (tertiary/aromatic N) is 3. The molecule has 1 amide bonds. The van der Waals surface area contributed by atoms with Crippen LogP contribution in [0, 0.1) is 17.1 Å². The standard InChI is InChI=1S/C21H23FN4O/c22-19-4-6-20(7-5-19)26-14-12-25(13-15-26)11-10-24-21(27)18-3-1-2-17(16-18)8-9-23/h1-7,16H,8,10-15H2,(H,24,27). The van der Waals surface area contributed by atoms with Crippen LogP contribution in [0.25, 0.3) is 0 Å². The molecule has 0 atom stereocenters. The molecule has 0 aliphatic carbocycles. The van der Waals surface area contributed by atoms with Gasteiger partial charge in [0.2, 0.25) is 0 Å². The molecular formula is C21H23FN4O. The van der Waals surface area contributed by atoms with E-state index >= 15 is 0 Å². The normalized spacial score (nSPS) is 14.6. The molecule has 0 radical (unpaired) electrons. The molecule has 1 heterocycles. The van der Waals surface area contributed by atoms with Gasteiger partial charge in [0, 0.05) is 50.5 Å². The van der Waals surface area contributed by atoms with Crippen LogP contribution in [0.2, 0.25) is 0 Å². The Hall–Kier alpha value is -2.91. The van der Waals surface area contributed by atoms with Gasteiger partial charge < -0.3 is 10.2 Å². The van der Waals surface area contributed by atoms with Gasteiger partial charge in [-0.15, -0.1) is 0 Å². The van der Waals surface area contributed by atoms with E-state index in [4.69, 9.17) is 5.26 Å². The third-order valence-electron chi connectivity index (χ3n) is 4.75. The van der Waals surface area contributed by atoms with E-state index in [-0.39, 0.29) is 11.7 Å². The van der Waals surface area contributed by atoms with Crippen LogP contribution in [0.15, 0.2) is 48.5 Å². The molecule has 1 saturated heterocycles. The summed E-state index contributed by atoms with van der Waals surface area (Å²) in [7, 11) is 0. The average Bonchev–Trinajstić information content (AvgIpc) is 2.70. The number of hydrogen-bond acceptors (Lipinski definition) is 4. The summed E-state index contributed by atoms with van der Waals surface area (Å²) in [4.78, 5) is 16.8. The van der Waals surface area contributed by atoms with Gasteiger partial charge in [0.25, 0.3) is 5.91 Å². The molecule has 0 bridgehead atoms. The lowest BCUT2D eigenvalue weighted by Crippen LogP contribution is -2.48. The maximum absolute atomic E-state index is 13.0. The second-order valence-corrected chi connectivity index (χ2v) is 6.60. The summed E-state index contributed by atoms with van der Waals surface area (Å²) >= 11 is 0. The highest BCUT2D eigenvalue weighted by molar-refractivity contribution is 5.94. The zero-order chi connectivity index (χ0) is 19.1. The van der Waals surface area contributed by atoms with Crippen molar-refractivity contribution in [2.24, 2.45) is 0 Å². The number of hydrogen-bond donors (Lipinski definition) is 1. The number of anilines is 1. The lowest BCUT2D eigenvalue weighted by Gasteiger charge is -2.36. The zero-order valence-electron chi connectivity index (χ0n) is 15.2. The van der Waals surface area contributed by atoms with Crippen LogP contribution in [-0.2, 0) is 6.42 Å². The number of carbonyl (C=O) groups excluding carboxylic acids is 1. The molecule has 2 aromatic carbocycles. The maximum atomic E-state index is 13.0. The van der Waals surface area contributed by atoms with E-state index in [9.17, 15) is 9.18 Å². The Bertz CT molecular complexity index is 808. The van der Waals surface area contributed by atoms with Crippen molar-refractivity contribution in [2.75, 3.05) is 44.2 Å². The van der Waals surface area contributed by atoms with Gasteiger partial charge in [0.05, 0.1) is 12.5 Å². The highest BCUT2D eigenvalue weighted by Gasteiger charge is 2.17. The van der Waals surface area contributed by atoms with Crippen molar-refractivity contribution in [1.29, 1.82) is 5.26 Å². The molecule has 6 heteroatoms. The van der Waals surface area contributed by atoms with Crippen LogP contribution in [-0.4, -0.2) is 50.1 Å². The highest BCUT2D eigenvalue weighted by Crippen LogP contribution is 2.16. The second kappa shape index (κ2) is 9.15. The van der Waals surface area contributed by atoms with Crippen molar-refractivity contribution in [2.45, 2.75) is 6.42 Å². The molecule has 27 heavy (non-hydrogen) atoms. The first-order valence-corrected chi connectivity index (χ1v) is 9.12. The first-order chi connectivity index (χ1) is 13.2. The molecule has 1 aliphatic rings. The Labute approximate surface area is 159 Å². The van der Waals surface area contributed by atoms with E-state index in [2.05, 4.69) is 21.2 Å². The molecule has 5 nitrogen and oxygen atoms in total. The number of amides is 1. The van der Waals surface area contributed by atoms with E-state index in [1.807, 2.05) is 18.2 Å². The fourth-order valence-corrected chi connectivity index (χ4v) is 3.23. The number of rotatable bonds is 6. The first kappa shape index (κ1) is 18.9. The van der Waals surface area contributed by atoms with E-state index in [1.54, 1.807) is 18.2 Å². The van der Waals surface area contributed by atoms with Crippen LogP contribution in [0.3, 0.4) is 0 Å². The number of piperazine rings is 1. The van der Waals surface area contributed by atoms with Gasteiger partial charge in [0.1, 0.15) is 5.82 Å². The maximum Gasteiger partial charge on any atom is 0.251 e. The lowest BCUT2D eigenvalue weighted by molar-refractivity contribution is 0.0947. The fraction of sp³-hybridized carbons (Fsp3) is 0.333. The lowest BCUT2D eigenvalue weighted by atomic mass is 10.1. The number of nitriles is 1. The van der Waals surface area contributed by atoms with Crippen LogP contribution < -0.4 is 10.2 Å². The minimum absolute atomic E-state index is 0.111. The summed E-state index contributed by atoms with van der Waals surface area (Å²) in [5.41, 5.74) is 2.48. The number of halogens is 1. The predicted molar refractivity (Wildman–Crippen MR) is 103 cm³/mol. The van der Waals surface area contributed by atoms with Gasteiger partial charge in [-0.2, -0.15) is 5.26 Å². The van der Waals surface area contributed by atoms with Crippen molar-refractivity contribution < 1.29 is 9.18 Å². The molecule has 1 aliphatic heterocycles. The SMILES string of the molecule is N#CCc1cccc(C(=O)NCCN2CCN(c3ccc(F)cc3)CC2)c1. The Morgan fingerprint density at radius 1 is 1.11 bits per heavy atom. The van der Waals surface area contributed by atoms with Crippen LogP contribution >= 0.6 is 0 Å². The average molecular weight is 366 g/mol. The molecule has 1 fully saturated rings. The van der Waals surface area contributed by atoms with Crippen molar-refractivity contribution in [3.8, 4) is 6.07 Å². The third kappa shape index (κ3) is 5.28. The van der Waals surface area contributed by atoms with Crippen molar-refractivity contribution in [3.05, 3.63) is 65.5 Å². The van der Waals surface area contributed by atoms with Crippen LogP contribution in [0.5, 0.6) is 0 Å². The second-order valence-electron chi connectivity index (χ2n) is 6.60. The van der Waals surface area contributed by atoms with Gasteiger partial charge in [-0.05, 0) is 42.0 Å². The Kier molecular flexibility index (Phi) is 6.39. The topological polar surface area (TPSA) is 59.4 Å². The zero-order valence-corrected chi connectivity index (χ0v) is 15.2. The first-order valence-electron chi connectivity index (χ1n) is 9.12. The smallest absolute Gasteiger partial charge is 0.251 e. The van der Waals surface area contributed by atoms with E-state index in [0.717, 1.165) is 44.0 Å². The van der Waals surface area contributed by atoms with E-state index < -0.39 is 0 Å². The van der Waals surface area contributed by atoms with Crippen molar-refractivity contribution in [1.82, 2.24) is 10.2 Å². The molecule has 2 aromatic rings. The van der Waals surface area contributed by atoms with Gasteiger partial charge in [0.15, 0.2) is 0 Å². The molecule has 0 spiro atoms. The minimum atomic E-state index is -0.216. The molecular weight excluding hydrogens is 343 g/mol. The summed E-state index contributed by atoms with van der Waals surface area (Å²) in [5.74, 6) is -0.328. The third-order valence-corrected chi connectivity index (χ3v) is 4.75. The summed E-state index contributed by atoms with van der Waals surface area (Å²) in [5, 5.41) is 11.7. The number of nitrogens with one attached hydrogen (secondary N) is 1. The summed E-state index contributed by atoms with van der Waals surface area (Å²) in [6.07, 6.45) is 0.305. The highest BCUT2D eigenvalue weighted by atomic mass is 19.1. The predicted octanol–water partition coefficient (Wildman–Crippen LogP) is 2.44. The number of benzene rings is 2. The molecule has 140 valence electrons. The van der Waals surface area contributed by atoms with Gasteiger partial charge in [-0.1, -0.05) is 12.1 Å². The summed E-state index contributed by atoms with van der Waals surface area (Å²) in [6, 6.07) is 15.9. The van der Waals surface area contributed by atoms with Crippen molar-refractivity contribution >= 4 is 11.6 Å². The van der Waals surface area contributed by atoms with E-state index in [1.165, 1.54) is 12.1 Å². The largest absolute Gasteiger partial charge is 0.369 e. The monoisotopic (exact) mass is 366 g/mol.